The number of nitrogens with zero attached hydrogens (tertiary/aromatic N) is 2. The Morgan fingerprint density at radius 3 is 2.19 bits per heavy atom. The molecule has 8 nitrogen and oxygen atoms in total. The summed E-state index contributed by atoms with van der Waals surface area (Å²) in [7, 11) is -8.39. The molecule has 0 spiro atoms. The maximum absolute atomic E-state index is 11.9. The minimum atomic E-state index is -4.81. The fraction of sp³-hybridized carbons (Fsp3) is 0.0476. The van der Waals surface area contributed by atoms with Gasteiger partial charge in [0.05, 0.1) is 10.6 Å². The first-order chi connectivity index (χ1) is 14.6. The summed E-state index contributed by atoms with van der Waals surface area (Å²) in [5.74, 6) is -0.786. The van der Waals surface area contributed by atoms with Crippen LogP contribution in [0, 0.1) is 0 Å². The molecule has 0 amide bonds. The summed E-state index contributed by atoms with van der Waals surface area (Å²) in [5.41, 5.74) is 0.272. The van der Waals surface area contributed by atoms with Gasteiger partial charge in [0.15, 0.2) is 15.6 Å². The van der Waals surface area contributed by atoms with Crippen molar-refractivity contribution < 1.29 is 26.5 Å². The molecule has 0 radical (unpaired) electrons. The van der Waals surface area contributed by atoms with Crippen LogP contribution in [-0.2, 0) is 20.0 Å². The average Bonchev–Trinajstić information content (AvgIpc) is 2.71. The van der Waals surface area contributed by atoms with Crippen molar-refractivity contribution in [3.8, 4) is 5.75 Å². The Kier molecular flexibility index (Phi) is 5.00. The predicted octanol–water partition coefficient (Wildman–Crippen LogP) is 4.76. The zero-order valence-electron chi connectivity index (χ0n) is 16.1. The third-order valence-corrected chi connectivity index (χ3v) is 6.73. The van der Waals surface area contributed by atoms with E-state index in [0.29, 0.717) is 5.69 Å². The SMILES string of the molecule is CS(=O)(=O)c1ccc2c(N=Nc3cccc4ccccc34)c(O)c(S(=O)(=O)O)cc2c1. The number of azo groups is 1. The third kappa shape index (κ3) is 4.00. The van der Waals surface area contributed by atoms with Gasteiger partial charge in [0.1, 0.15) is 10.6 Å². The second kappa shape index (κ2) is 7.41. The Bertz CT molecular complexity index is 1590. The Hall–Kier alpha value is -3.34. The Morgan fingerprint density at radius 2 is 1.48 bits per heavy atom. The van der Waals surface area contributed by atoms with Crippen LogP contribution in [0.2, 0.25) is 0 Å². The van der Waals surface area contributed by atoms with Crippen molar-refractivity contribution in [2.24, 2.45) is 10.2 Å². The number of rotatable bonds is 4. The quantitative estimate of drug-likeness (QED) is 0.336. The molecule has 0 bridgehead atoms. The summed E-state index contributed by atoms with van der Waals surface area (Å²) in [6.45, 7) is 0. The largest absolute Gasteiger partial charge is 0.504 e. The van der Waals surface area contributed by atoms with Crippen LogP contribution in [0.1, 0.15) is 0 Å². The number of fused-ring (bicyclic) bond motifs is 2. The van der Waals surface area contributed by atoms with E-state index >= 15 is 0 Å². The van der Waals surface area contributed by atoms with Gasteiger partial charge in [-0.1, -0.05) is 42.5 Å². The van der Waals surface area contributed by atoms with Crippen LogP contribution in [0.15, 0.2) is 86.7 Å². The van der Waals surface area contributed by atoms with E-state index < -0.39 is 30.6 Å². The molecule has 0 atom stereocenters. The van der Waals surface area contributed by atoms with Crippen molar-refractivity contribution in [1.82, 2.24) is 0 Å². The van der Waals surface area contributed by atoms with E-state index in [-0.39, 0.29) is 21.4 Å². The standard InChI is InChI=1S/C21H16N2O6S2/c1-30(25,26)15-9-10-17-14(11-15)12-19(31(27,28)29)21(24)20(17)23-22-18-8-4-6-13-5-2-3-7-16(13)18/h2-12,24H,1H3,(H,27,28,29). The fourth-order valence-corrected chi connectivity index (χ4v) is 4.53. The summed E-state index contributed by atoms with van der Waals surface area (Å²) in [4.78, 5) is -0.846. The molecule has 4 aromatic rings. The number of hydrogen-bond donors (Lipinski definition) is 2. The highest BCUT2D eigenvalue weighted by molar-refractivity contribution is 7.90. The van der Waals surface area contributed by atoms with Crippen LogP contribution in [0.5, 0.6) is 5.75 Å². The molecule has 10 heteroatoms. The fourth-order valence-electron chi connectivity index (χ4n) is 3.26. The Balaban J connectivity index is 1.99. The first kappa shape index (κ1) is 20.9. The first-order valence-electron chi connectivity index (χ1n) is 8.92. The second-order valence-electron chi connectivity index (χ2n) is 6.90. The molecule has 0 aliphatic rings. The van der Waals surface area contributed by atoms with Crippen molar-refractivity contribution in [2.45, 2.75) is 9.79 Å². The monoisotopic (exact) mass is 456 g/mol. The zero-order chi connectivity index (χ0) is 22.4. The average molecular weight is 457 g/mol. The lowest BCUT2D eigenvalue weighted by Gasteiger charge is -2.10. The molecule has 0 aliphatic carbocycles. The molecular weight excluding hydrogens is 440 g/mol. The number of sulfone groups is 1. The van der Waals surface area contributed by atoms with Crippen molar-refractivity contribution >= 4 is 52.9 Å². The van der Waals surface area contributed by atoms with Crippen molar-refractivity contribution in [3.05, 3.63) is 66.7 Å². The Labute approximate surface area is 178 Å². The van der Waals surface area contributed by atoms with E-state index in [0.717, 1.165) is 23.1 Å². The highest BCUT2D eigenvalue weighted by atomic mass is 32.2. The lowest BCUT2D eigenvalue weighted by Crippen LogP contribution is -2.00. The van der Waals surface area contributed by atoms with Gasteiger partial charge in [0, 0.05) is 17.0 Å². The van der Waals surface area contributed by atoms with Crippen molar-refractivity contribution in [3.63, 3.8) is 0 Å². The first-order valence-corrected chi connectivity index (χ1v) is 12.3. The summed E-state index contributed by atoms with van der Waals surface area (Å²) >= 11 is 0. The van der Waals surface area contributed by atoms with Gasteiger partial charge in [-0.15, -0.1) is 10.2 Å². The smallest absolute Gasteiger partial charge is 0.298 e. The van der Waals surface area contributed by atoms with Gasteiger partial charge in [0.2, 0.25) is 0 Å². The third-order valence-electron chi connectivity index (χ3n) is 4.75. The minimum absolute atomic E-state index is 0.0519. The van der Waals surface area contributed by atoms with Gasteiger partial charge in [-0.25, -0.2) is 8.42 Å². The minimum Gasteiger partial charge on any atom is -0.504 e. The lowest BCUT2D eigenvalue weighted by molar-refractivity contribution is 0.445. The topological polar surface area (TPSA) is 133 Å². The molecule has 4 rings (SSSR count). The van der Waals surface area contributed by atoms with E-state index in [4.69, 9.17) is 0 Å². The summed E-state index contributed by atoms with van der Waals surface area (Å²) in [6, 6.07) is 17.8. The van der Waals surface area contributed by atoms with Crippen molar-refractivity contribution in [1.29, 1.82) is 0 Å². The van der Waals surface area contributed by atoms with Gasteiger partial charge in [0.25, 0.3) is 10.1 Å². The molecule has 0 saturated heterocycles. The second-order valence-corrected chi connectivity index (χ2v) is 10.3. The van der Waals surface area contributed by atoms with Crippen LogP contribution in [0.25, 0.3) is 21.5 Å². The number of phenolic OH excluding ortho intramolecular Hbond substituents is 1. The molecule has 0 heterocycles. The van der Waals surface area contributed by atoms with Crippen LogP contribution >= 0.6 is 0 Å². The highest BCUT2D eigenvalue weighted by Gasteiger charge is 2.22. The van der Waals surface area contributed by atoms with E-state index in [1.807, 2.05) is 30.3 Å². The maximum atomic E-state index is 11.9. The van der Waals surface area contributed by atoms with Gasteiger partial charge in [-0.2, -0.15) is 8.42 Å². The van der Waals surface area contributed by atoms with Crippen molar-refractivity contribution in [2.75, 3.05) is 6.26 Å². The number of benzene rings is 4. The van der Waals surface area contributed by atoms with Gasteiger partial charge < -0.3 is 5.11 Å². The molecule has 0 saturated carbocycles. The van der Waals surface area contributed by atoms with Crippen LogP contribution in [0.4, 0.5) is 11.4 Å². The zero-order valence-corrected chi connectivity index (χ0v) is 17.7. The molecule has 31 heavy (non-hydrogen) atoms. The van der Waals surface area contributed by atoms with Crippen LogP contribution in [-0.4, -0.2) is 32.8 Å². The molecule has 0 fully saturated rings. The molecule has 0 aliphatic heterocycles. The number of aromatic hydroxyl groups is 1. The van der Waals surface area contributed by atoms with Gasteiger partial charge in [-0.05, 0) is 35.0 Å². The molecular formula is C21H16N2O6S2. The molecule has 0 unspecified atom stereocenters. The highest BCUT2D eigenvalue weighted by Crippen LogP contribution is 2.42. The van der Waals surface area contributed by atoms with Gasteiger partial charge >= 0.3 is 0 Å². The lowest BCUT2D eigenvalue weighted by atomic mass is 10.1. The van der Waals surface area contributed by atoms with Crippen LogP contribution in [0.3, 0.4) is 0 Å². The van der Waals surface area contributed by atoms with E-state index in [1.54, 1.807) is 12.1 Å². The number of hydrogen-bond acceptors (Lipinski definition) is 7. The van der Waals surface area contributed by atoms with E-state index in [9.17, 15) is 26.5 Å². The summed E-state index contributed by atoms with van der Waals surface area (Å²) in [5, 5.41) is 20.9. The molecule has 158 valence electrons. The molecule has 2 N–H and O–H groups in total. The summed E-state index contributed by atoms with van der Waals surface area (Å²) < 4.78 is 56.9. The predicted molar refractivity (Wildman–Crippen MR) is 117 cm³/mol. The molecule has 0 aromatic heterocycles. The van der Waals surface area contributed by atoms with E-state index in [1.165, 1.54) is 18.2 Å². The number of phenols is 1. The molecule has 4 aromatic carbocycles. The van der Waals surface area contributed by atoms with Crippen LogP contribution < -0.4 is 0 Å². The van der Waals surface area contributed by atoms with Gasteiger partial charge in [-0.3, -0.25) is 4.55 Å². The Morgan fingerprint density at radius 1 is 0.774 bits per heavy atom. The maximum Gasteiger partial charge on any atom is 0.298 e. The van der Waals surface area contributed by atoms with E-state index in [2.05, 4.69) is 10.2 Å². The normalized spacial score (nSPS) is 12.7. The summed E-state index contributed by atoms with van der Waals surface area (Å²) in [6.07, 6.45) is 1.01.